The van der Waals surface area contributed by atoms with Crippen LogP contribution in [0.25, 0.3) is 0 Å². The maximum absolute atomic E-state index is 9.10. The predicted molar refractivity (Wildman–Crippen MR) is 62.6 cm³/mol. The van der Waals surface area contributed by atoms with Gasteiger partial charge < -0.3 is 4.74 Å². The van der Waals surface area contributed by atoms with E-state index in [0.29, 0.717) is 6.42 Å². The molecule has 88 valence electrons. The van der Waals surface area contributed by atoms with Crippen LogP contribution in [0.1, 0.15) is 48.0 Å². The summed E-state index contributed by atoms with van der Waals surface area (Å²) < 4.78 is 5.79. The number of rotatable bonds is 5. The maximum atomic E-state index is 9.10. The smallest absolute Gasteiger partial charge is 0.106 e. The standard InChI is InChI=1S/C12H24N2O/c1-7-14-12(6,9-13)8-10(2)15-11(3,4)5/h10,14H,7-8H2,1-6H3. The fourth-order valence-electron chi connectivity index (χ4n) is 1.77. The van der Waals surface area contributed by atoms with Gasteiger partial charge in [-0.25, -0.2) is 0 Å². The number of hydrogen-bond acceptors (Lipinski definition) is 3. The zero-order valence-electron chi connectivity index (χ0n) is 10.8. The van der Waals surface area contributed by atoms with Crippen LogP contribution in [0.5, 0.6) is 0 Å². The van der Waals surface area contributed by atoms with Gasteiger partial charge in [0.1, 0.15) is 5.54 Å². The number of ether oxygens (including phenoxy) is 1. The van der Waals surface area contributed by atoms with Gasteiger partial charge in [0.2, 0.25) is 0 Å². The molecular formula is C12H24N2O. The summed E-state index contributed by atoms with van der Waals surface area (Å²) >= 11 is 0. The van der Waals surface area contributed by atoms with Crippen molar-refractivity contribution in [2.24, 2.45) is 0 Å². The van der Waals surface area contributed by atoms with Crippen molar-refractivity contribution >= 4 is 0 Å². The van der Waals surface area contributed by atoms with Crippen molar-refractivity contribution in [3.63, 3.8) is 0 Å². The first kappa shape index (κ1) is 14.4. The van der Waals surface area contributed by atoms with Crippen molar-refractivity contribution in [3.05, 3.63) is 0 Å². The van der Waals surface area contributed by atoms with Crippen LogP contribution in [0.2, 0.25) is 0 Å². The molecule has 0 fully saturated rings. The second-order valence-corrected chi connectivity index (χ2v) is 5.22. The molecule has 0 aliphatic rings. The Bertz CT molecular complexity index is 227. The topological polar surface area (TPSA) is 45.0 Å². The Morgan fingerprint density at radius 1 is 1.33 bits per heavy atom. The second-order valence-electron chi connectivity index (χ2n) is 5.22. The van der Waals surface area contributed by atoms with Gasteiger partial charge in [-0.2, -0.15) is 5.26 Å². The summed E-state index contributed by atoms with van der Waals surface area (Å²) in [6.07, 6.45) is 0.780. The lowest BCUT2D eigenvalue weighted by Gasteiger charge is -2.30. The van der Waals surface area contributed by atoms with Crippen LogP contribution in [-0.2, 0) is 4.74 Å². The Morgan fingerprint density at radius 3 is 2.20 bits per heavy atom. The largest absolute Gasteiger partial charge is 0.373 e. The van der Waals surface area contributed by atoms with Crippen molar-refractivity contribution in [3.8, 4) is 6.07 Å². The van der Waals surface area contributed by atoms with Crippen molar-refractivity contribution in [2.75, 3.05) is 6.54 Å². The van der Waals surface area contributed by atoms with E-state index in [9.17, 15) is 0 Å². The molecular weight excluding hydrogens is 188 g/mol. The van der Waals surface area contributed by atoms with E-state index in [0.717, 1.165) is 6.54 Å². The van der Waals surface area contributed by atoms with E-state index in [4.69, 9.17) is 10.00 Å². The SMILES string of the molecule is CCNC(C)(C#N)CC(C)OC(C)(C)C. The van der Waals surface area contributed by atoms with Crippen LogP contribution in [0.3, 0.4) is 0 Å². The fourth-order valence-corrected chi connectivity index (χ4v) is 1.77. The summed E-state index contributed by atoms with van der Waals surface area (Å²) in [5, 5.41) is 12.3. The number of nitrogens with one attached hydrogen (secondary N) is 1. The fraction of sp³-hybridized carbons (Fsp3) is 0.917. The van der Waals surface area contributed by atoms with Gasteiger partial charge in [0, 0.05) is 6.42 Å². The highest BCUT2D eigenvalue weighted by molar-refractivity contribution is 5.04. The highest BCUT2D eigenvalue weighted by Crippen LogP contribution is 2.18. The number of nitrogens with zero attached hydrogens (tertiary/aromatic N) is 1. The molecule has 0 aliphatic carbocycles. The first-order chi connectivity index (χ1) is 6.72. The Balaban J connectivity index is 4.26. The number of nitriles is 1. The second kappa shape index (κ2) is 5.48. The molecule has 0 heterocycles. The zero-order chi connectivity index (χ0) is 12.1. The molecule has 0 bridgehead atoms. The normalized spacial score (nSPS) is 17.9. The molecule has 0 amide bonds. The maximum Gasteiger partial charge on any atom is 0.106 e. The monoisotopic (exact) mass is 212 g/mol. The van der Waals surface area contributed by atoms with Crippen molar-refractivity contribution in [1.82, 2.24) is 5.32 Å². The van der Waals surface area contributed by atoms with E-state index >= 15 is 0 Å². The summed E-state index contributed by atoms with van der Waals surface area (Å²) in [4.78, 5) is 0. The van der Waals surface area contributed by atoms with Gasteiger partial charge in [-0.05, 0) is 41.2 Å². The summed E-state index contributed by atoms with van der Waals surface area (Å²) in [6.45, 7) is 12.8. The highest BCUT2D eigenvalue weighted by Gasteiger charge is 2.27. The minimum Gasteiger partial charge on any atom is -0.373 e. The van der Waals surface area contributed by atoms with Crippen molar-refractivity contribution < 1.29 is 4.74 Å². The Labute approximate surface area is 93.8 Å². The zero-order valence-corrected chi connectivity index (χ0v) is 10.8. The van der Waals surface area contributed by atoms with Crippen molar-refractivity contribution in [2.45, 2.75) is 65.2 Å². The minimum atomic E-state index is -0.487. The average Bonchev–Trinajstić information content (AvgIpc) is 2.00. The van der Waals surface area contributed by atoms with Gasteiger partial charge in [0.25, 0.3) is 0 Å². The highest BCUT2D eigenvalue weighted by atomic mass is 16.5. The molecule has 1 N–H and O–H groups in total. The quantitative estimate of drug-likeness (QED) is 0.761. The molecule has 0 rings (SSSR count). The van der Waals surface area contributed by atoms with E-state index in [-0.39, 0.29) is 11.7 Å². The van der Waals surface area contributed by atoms with E-state index in [1.54, 1.807) is 0 Å². The molecule has 2 atom stereocenters. The molecule has 3 nitrogen and oxygen atoms in total. The van der Waals surface area contributed by atoms with Gasteiger partial charge in [0.15, 0.2) is 0 Å². The molecule has 0 saturated heterocycles. The summed E-state index contributed by atoms with van der Waals surface area (Å²) in [5.74, 6) is 0. The first-order valence-corrected chi connectivity index (χ1v) is 5.56. The molecule has 3 heteroatoms. The van der Waals surface area contributed by atoms with Crippen LogP contribution in [-0.4, -0.2) is 23.8 Å². The molecule has 0 aromatic carbocycles. The molecule has 15 heavy (non-hydrogen) atoms. The lowest BCUT2D eigenvalue weighted by molar-refractivity contribution is -0.0600. The van der Waals surface area contributed by atoms with Gasteiger partial charge in [-0.3, -0.25) is 5.32 Å². The van der Waals surface area contributed by atoms with E-state index in [1.807, 2.05) is 41.5 Å². The molecule has 0 radical (unpaired) electrons. The van der Waals surface area contributed by atoms with E-state index in [2.05, 4.69) is 11.4 Å². The summed E-state index contributed by atoms with van der Waals surface area (Å²) in [7, 11) is 0. The van der Waals surface area contributed by atoms with Crippen LogP contribution in [0.4, 0.5) is 0 Å². The lowest BCUT2D eigenvalue weighted by atomic mass is 9.96. The molecule has 2 unspecified atom stereocenters. The molecule has 0 spiro atoms. The first-order valence-electron chi connectivity index (χ1n) is 5.56. The molecule has 0 aromatic heterocycles. The third-order valence-corrected chi connectivity index (χ3v) is 2.06. The third kappa shape index (κ3) is 6.48. The van der Waals surface area contributed by atoms with Crippen LogP contribution < -0.4 is 5.32 Å². The van der Waals surface area contributed by atoms with Crippen LogP contribution >= 0.6 is 0 Å². The van der Waals surface area contributed by atoms with Gasteiger partial charge in [-0.15, -0.1) is 0 Å². The Kier molecular flexibility index (Phi) is 5.27. The molecule has 0 aliphatic heterocycles. The van der Waals surface area contributed by atoms with Gasteiger partial charge >= 0.3 is 0 Å². The summed E-state index contributed by atoms with van der Waals surface area (Å²) in [6, 6.07) is 2.30. The third-order valence-electron chi connectivity index (χ3n) is 2.06. The predicted octanol–water partition coefficient (Wildman–Crippen LogP) is 2.47. The lowest BCUT2D eigenvalue weighted by Crippen LogP contribution is -2.44. The van der Waals surface area contributed by atoms with Crippen molar-refractivity contribution in [1.29, 1.82) is 5.26 Å². The van der Waals surface area contributed by atoms with Crippen LogP contribution in [0.15, 0.2) is 0 Å². The Morgan fingerprint density at radius 2 is 1.87 bits per heavy atom. The van der Waals surface area contributed by atoms with Gasteiger partial charge in [-0.1, -0.05) is 6.92 Å². The Hall–Kier alpha value is -0.590. The number of hydrogen-bond donors (Lipinski definition) is 1. The minimum absolute atomic E-state index is 0.0775. The van der Waals surface area contributed by atoms with Gasteiger partial charge in [0.05, 0.1) is 17.8 Å². The van der Waals surface area contributed by atoms with Crippen LogP contribution in [0, 0.1) is 11.3 Å². The van der Waals surface area contributed by atoms with E-state index < -0.39 is 5.54 Å². The van der Waals surface area contributed by atoms with E-state index in [1.165, 1.54) is 0 Å². The molecule has 0 aromatic rings. The average molecular weight is 212 g/mol. The summed E-state index contributed by atoms with van der Waals surface area (Å²) in [5.41, 5.74) is -0.637. The molecule has 0 saturated carbocycles.